The Bertz CT molecular complexity index is 590. The van der Waals surface area contributed by atoms with E-state index in [1.165, 1.54) is 6.08 Å². The highest BCUT2D eigenvalue weighted by Gasteiger charge is 2.03. The maximum Gasteiger partial charge on any atom is 0.344 e. The number of hydrogen-bond donors (Lipinski definition) is 0. The molecule has 0 N–H and O–H groups in total. The van der Waals surface area contributed by atoms with E-state index in [1.807, 2.05) is 30.3 Å². The molecular formula is C18H18O4. The number of hydrogen-bond acceptors (Lipinski definition) is 4. The maximum absolute atomic E-state index is 11.3. The lowest BCUT2D eigenvalue weighted by atomic mass is 10.2. The first-order valence-corrected chi connectivity index (χ1v) is 6.94. The maximum atomic E-state index is 11.3. The van der Waals surface area contributed by atoms with Crippen molar-refractivity contribution in [3.8, 4) is 11.5 Å². The Morgan fingerprint density at radius 2 is 1.59 bits per heavy atom. The monoisotopic (exact) mass is 298 g/mol. The van der Waals surface area contributed by atoms with Gasteiger partial charge in [0.15, 0.2) is 6.61 Å². The van der Waals surface area contributed by atoms with Crippen molar-refractivity contribution in [1.82, 2.24) is 0 Å². The van der Waals surface area contributed by atoms with Crippen molar-refractivity contribution in [2.75, 3.05) is 13.2 Å². The first kappa shape index (κ1) is 15.6. The highest BCUT2D eigenvalue weighted by atomic mass is 16.6. The van der Waals surface area contributed by atoms with Crippen LogP contribution in [0.1, 0.15) is 5.56 Å². The second-order valence-corrected chi connectivity index (χ2v) is 4.51. The second kappa shape index (κ2) is 8.52. The molecule has 0 unspecified atom stereocenters. The summed E-state index contributed by atoms with van der Waals surface area (Å²) in [5.41, 5.74) is 1.10. The number of rotatable bonds is 8. The molecule has 0 aliphatic carbocycles. The van der Waals surface area contributed by atoms with Gasteiger partial charge in [0.25, 0.3) is 0 Å². The van der Waals surface area contributed by atoms with E-state index in [-0.39, 0.29) is 13.2 Å². The molecule has 0 bridgehead atoms. The summed E-state index contributed by atoms with van der Waals surface area (Å²) in [7, 11) is 0. The Morgan fingerprint density at radius 3 is 2.23 bits per heavy atom. The minimum absolute atomic E-state index is 0.127. The third-order valence-electron chi connectivity index (χ3n) is 2.79. The average Bonchev–Trinajstić information content (AvgIpc) is 2.58. The fraction of sp³-hybridized carbons (Fsp3) is 0.167. The van der Waals surface area contributed by atoms with Crippen LogP contribution in [0.25, 0.3) is 0 Å². The van der Waals surface area contributed by atoms with Gasteiger partial charge in [0.05, 0.1) is 0 Å². The van der Waals surface area contributed by atoms with Crippen LogP contribution < -0.4 is 9.47 Å². The van der Waals surface area contributed by atoms with Crippen molar-refractivity contribution >= 4 is 5.97 Å². The first-order valence-electron chi connectivity index (χ1n) is 6.94. The Kier molecular flexibility index (Phi) is 6.05. The summed E-state index contributed by atoms with van der Waals surface area (Å²) in [5, 5.41) is 0. The van der Waals surface area contributed by atoms with Gasteiger partial charge in [-0.2, -0.15) is 0 Å². The highest BCUT2D eigenvalue weighted by molar-refractivity contribution is 5.71. The van der Waals surface area contributed by atoms with Crippen LogP contribution in [0.5, 0.6) is 11.5 Å². The Labute approximate surface area is 129 Å². The van der Waals surface area contributed by atoms with Crippen LogP contribution in [0.2, 0.25) is 0 Å². The van der Waals surface area contributed by atoms with Gasteiger partial charge in [-0.1, -0.05) is 43.0 Å². The molecule has 0 aliphatic rings. The van der Waals surface area contributed by atoms with E-state index in [0.717, 1.165) is 11.3 Å². The number of carbonyl (C=O) groups excluding carboxylic acids is 1. The third-order valence-corrected chi connectivity index (χ3v) is 2.79. The Balaban J connectivity index is 1.77. The molecule has 0 atom stereocenters. The van der Waals surface area contributed by atoms with Crippen LogP contribution in [-0.4, -0.2) is 19.2 Å². The van der Waals surface area contributed by atoms with Crippen LogP contribution in [-0.2, 0) is 16.1 Å². The molecule has 2 aromatic rings. The van der Waals surface area contributed by atoms with Gasteiger partial charge in [-0.25, -0.2) is 4.79 Å². The van der Waals surface area contributed by atoms with E-state index in [1.54, 1.807) is 24.3 Å². The summed E-state index contributed by atoms with van der Waals surface area (Å²) in [5.74, 6) is 0.900. The molecule has 0 heterocycles. The number of esters is 1. The third kappa shape index (κ3) is 5.32. The van der Waals surface area contributed by atoms with E-state index in [4.69, 9.17) is 14.2 Å². The van der Waals surface area contributed by atoms with Gasteiger partial charge in [-0.3, -0.25) is 0 Å². The molecule has 0 fully saturated rings. The number of carbonyl (C=O) groups is 1. The fourth-order valence-corrected chi connectivity index (χ4v) is 1.71. The lowest BCUT2D eigenvalue weighted by Crippen LogP contribution is -2.14. The highest BCUT2D eigenvalue weighted by Crippen LogP contribution is 2.18. The van der Waals surface area contributed by atoms with Gasteiger partial charge in [-0.05, 0) is 29.8 Å². The molecule has 0 amide bonds. The molecular weight excluding hydrogens is 280 g/mol. The Hall–Kier alpha value is -2.75. The van der Waals surface area contributed by atoms with Gasteiger partial charge in [0.2, 0.25) is 0 Å². The van der Waals surface area contributed by atoms with Gasteiger partial charge < -0.3 is 14.2 Å². The van der Waals surface area contributed by atoms with Gasteiger partial charge in [0.1, 0.15) is 24.7 Å². The minimum Gasteiger partial charge on any atom is -0.489 e. The summed E-state index contributed by atoms with van der Waals surface area (Å²) in [6.45, 7) is 4.04. The molecule has 4 nitrogen and oxygen atoms in total. The van der Waals surface area contributed by atoms with Crippen LogP contribution in [0, 0.1) is 0 Å². The quantitative estimate of drug-likeness (QED) is 0.553. The summed E-state index contributed by atoms with van der Waals surface area (Å²) < 4.78 is 15.8. The first-order chi connectivity index (χ1) is 10.8. The van der Waals surface area contributed by atoms with Crippen molar-refractivity contribution in [2.45, 2.75) is 6.61 Å². The summed E-state index contributed by atoms with van der Waals surface area (Å²) in [6, 6.07) is 17.0. The van der Waals surface area contributed by atoms with E-state index >= 15 is 0 Å². The van der Waals surface area contributed by atoms with Crippen molar-refractivity contribution in [1.29, 1.82) is 0 Å². The predicted octanol–water partition coefficient (Wildman–Crippen LogP) is 3.37. The van der Waals surface area contributed by atoms with Crippen LogP contribution in [0.3, 0.4) is 0 Å². The van der Waals surface area contributed by atoms with E-state index < -0.39 is 5.97 Å². The zero-order valence-electron chi connectivity index (χ0n) is 12.2. The molecule has 0 saturated heterocycles. The van der Waals surface area contributed by atoms with Crippen molar-refractivity contribution < 1.29 is 19.0 Å². The van der Waals surface area contributed by atoms with E-state index in [9.17, 15) is 4.79 Å². The molecule has 0 radical (unpaired) electrons. The normalized spacial score (nSPS) is 9.82. The van der Waals surface area contributed by atoms with Crippen molar-refractivity contribution in [3.05, 3.63) is 72.8 Å². The zero-order valence-corrected chi connectivity index (χ0v) is 12.2. The average molecular weight is 298 g/mol. The SMILES string of the molecule is C=CCOC(=O)COc1ccc(OCc2ccccc2)cc1. The van der Waals surface area contributed by atoms with Gasteiger partial charge >= 0.3 is 5.97 Å². The molecule has 114 valence electrons. The minimum atomic E-state index is -0.427. The molecule has 2 aromatic carbocycles. The Morgan fingerprint density at radius 1 is 0.955 bits per heavy atom. The largest absolute Gasteiger partial charge is 0.489 e. The fourth-order valence-electron chi connectivity index (χ4n) is 1.71. The van der Waals surface area contributed by atoms with Gasteiger partial charge in [0, 0.05) is 0 Å². The molecule has 0 aliphatic heterocycles. The second-order valence-electron chi connectivity index (χ2n) is 4.51. The number of ether oxygens (including phenoxy) is 3. The van der Waals surface area contributed by atoms with Crippen molar-refractivity contribution in [3.63, 3.8) is 0 Å². The molecule has 4 heteroatoms. The zero-order chi connectivity index (χ0) is 15.6. The summed E-state index contributed by atoms with van der Waals surface area (Å²) in [4.78, 5) is 11.3. The van der Waals surface area contributed by atoms with Crippen LogP contribution >= 0.6 is 0 Å². The van der Waals surface area contributed by atoms with Crippen molar-refractivity contribution in [2.24, 2.45) is 0 Å². The number of benzene rings is 2. The summed E-state index contributed by atoms with van der Waals surface area (Å²) in [6.07, 6.45) is 1.51. The van der Waals surface area contributed by atoms with E-state index in [0.29, 0.717) is 12.4 Å². The van der Waals surface area contributed by atoms with Crippen LogP contribution in [0.4, 0.5) is 0 Å². The van der Waals surface area contributed by atoms with Gasteiger partial charge in [-0.15, -0.1) is 0 Å². The lowest BCUT2D eigenvalue weighted by Gasteiger charge is -2.08. The lowest BCUT2D eigenvalue weighted by molar-refractivity contribution is -0.144. The molecule has 0 saturated carbocycles. The molecule has 2 rings (SSSR count). The predicted molar refractivity (Wildman–Crippen MR) is 83.9 cm³/mol. The summed E-state index contributed by atoms with van der Waals surface area (Å²) >= 11 is 0. The molecule has 22 heavy (non-hydrogen) atoms. The smallest absolute Gasteiger partial charge is 0.344 e. The molecule has 0 aromatic heterocycles. The standard InChI is InChI=1S/C18H18O4/c1-2-12-20-18(19)14-22-17-10-8-16(9-11-17)21-13-15-6-4-3-5-7-15/h2-11H,1,12-14H2. The van der Waals surface area contributed by atoms with E-state index in [2.05, 4.69) is 6.58 Å². The topological polar surface area (TPSA) is 44.8 Å². The molecule has 0 spiro atoms. The van der Waals surface area contributed by atoms with Crippen LogP contribution in [0.15, 0.2) is 67.3 Å².